The Morgan fingerprint density at radius 2 is 2.00 bits per heavy atom. The second kappa shape index (κ2) is 9.83. The van der Waals surface area contributed by atoms with Crippen LogP contribution in [-0.4, -0.2) is 47.9 Å². The summed E-state index contributed by atoms with van der Waals surface area (Å²) in [6.45, 7) is 4.99. The van der Waals surface area contributed by atoms with Crippen LogP contribution in [0.5, 0.6) is 5.75 Å². The normalized spacial score (nSPS) is 16.2. The lowest BCUT2D eigenvalue weighted by molar-refractivity contribution is 0.158. The van der Waals surface area contributed by atoms with E-state index in [2.05, 4.69) is 15.5 Å². The van der Waals surface area contributed by atoms with Gasteiger partial charge in [-0.1, -0.05) is 17.3 Å². The molecular weight excluding hydrogens is 427 g/mol. The van der Waals surface area contributed by atoms with Gasteiger partial charge in [-0.3, -0.25) is 4.90 Å². The van der Waals surface area contributed by atoms with Gasteiger partial charge in [0.25, 0.3) is 5.89 Å². The second-order valence-corrected chi connectivity index (χ2v) is 7.46. The molecule has 0 spiro atoms. The summed E-state index contributed by atoms with van der Waals surface area (Å²) in [6.07, 6.45) is 0. The number of rotatable bonds is 8. The van der Waals surface area contributed by atoms with E-state index >= 15 is 0 Å². The summed E-state index contributed by atoms with van der Waals surface area (Å²) in [5.74, 6) is 0.986. The first-order valence-electron chi connectivity index (χ1n) is 10.6. The molecule has 4 rings (SSSR count). The molecule has 1 unspecified atom stereocenters. The molecule has 1 N–H and O–H groups in total. The van der Waals surface area contributed by atoms with Gasteiger partial charge in [0.1, 0.15) is 11.6 Å². The molecule has 1 aliphatic heterocycles. The first-order chi connectivity index (χ1) is 16.0. The number of amides is 2. The Hall–Kier alpha value is -3.72. The quantitative estimate of drug-likeness (QED) is 0.544. The zero-order chi connectivity index (χ0) is 23.4. The highest BCUT2D eigenvalue weighted by Gasteiger charge is 2.35. The highest BCUT2D eigenvalue weighted by Crippen LogP contribution is 2.37. The minimum Gasteiger partial charge on any atom is -0.494 e. The molecule has 0 radical (unpaired) electrons. The number of aromatic nitrogens is 2. The highest BCUT2D eigenvalue weighted by atomic mass is 19.1. The van der Waals surface area contributed by atoms with Crippen molar-refractivity contribution in [1.82, 2.24) is 20.4 Å². The number of carbonyl (C=O) groups excluding carboxylic acids is 1. The third-order valence-corrected chi connectivity index (χ3v) is 5.38. The van der Waals surface area contributed by atoms with E-state index in [0.29, 0.717) is 42.4 Å². The molecule has 3 aromatic rings. The molecule has 8 nitrogen and oxygen atoms in total. The van der Waals surface area contributed by atoms with E-state index in [1.807, 2.05) is 31.2 Å². The second-order valence-electron chi connectivity index (χ2n) is 7.46. The van der Waals surface area contributed by atoms with Crippen LogP contribution in [0.1, 0.15) is 31.3 Å². The van der Waals surface area contributed by atoms with E-state index in [0.717, 1.165) is 11.3 Å². The Morgan fingerprint density at radius 1 is 1.21 bits per heavy atom. The number of nitrogens with zero attached hydrogens (tertiary/aromatic N) is 3. The molecule has 0 saturated heterocycles. The molecule has 0 saturated carbocycles. The van der Waals surface area contributed by atoms with Crippen molar-refractivity contribution < 1.29 is 23.2 Å². The SMILES string of the molecule is CCOc1ccc(-c2noc(C3=C(C)N(CCOC)C(=O)NC3c3cccc(F)c3)n2)cc1. The predicted octanol–water partition coefficient (Wildman–Crippen LogP) is 4.42. The summed E-state index contributed by atoms with van der Waals surface area (Å²) in [5, 5.41) is 7.06. The van der Waals surface area contributed by atoms with Crippen molar-refractivity contribution in [3.63, 3.8) is 0 Å². The minimum absolute atomic E-state index is 0.244. The molecule has 0 fully saturated rings. The fourth-order valence-corrected chi connectivity index (χ4v) is 3.76. The number of halogens is 1. The molecule has 2 heterocycles. The number of carbonyl (C=O) groups is 1. The van der Waals surface area contributed by atoms with Crippen LogP contribution in [0, 0.1) is 5.82 Å². The Balaban J connectivity index is 1.75. The van der Waals surface area contributed by atoms with Crippen molar-refractivity contribution in [2.24, 2.45) is 0 Å². The number of nitrogens with one attached hydrogen (secondary N) is 1. The molecule has 1 aliphatic rings. The molecule has 2 amide bonds. The van der Waals surface area contributed by atoms with Gasteiger partial charge in [0.2, 0.25) is 5.82 Å². The van der Waals surface area contributed by atoms with Gasteiger partial charge in [-0.2, -0.15) is 4.98 Å². The summed E-state index contributed by atoms with van der Waals surface area (Å²) in [7, 11) is 1.57. The third kappa shape index (κ3) is 4.73. The van der Waals surface area contributed by atoms with E-state index in [1.165, 1.54) is 12.1 Å². The number of allylic oxidation sites excluding steroid dienone is 1. The van der Waals surface area contributed by atoms with E-state index in [-0.39, 0.29) is 11.9 Å². The van der Waals surface area contributed by atoms with Gasteiger partial charge in [-0.25, -0.2) is 9.18 Å². The fraction of sp³-hybridized carbons (Fsp3) is 0.292. The largest absolute Gasteiger partial charge is 0.494 e. The van der Waals surface area contributed by atoms with Crippen molar-refractivity contribution in [3.8, 4) is 17.1 Å². The average Bonchev–Trinajstić information content (AvgIpc) is 3.29. The van der Waals surface area contributed by atoms with Gasteiger partial charge in [-0.15, -0.1) is 0 Å². The molecule has 172 valence electrons. The van der Waals surface area contributed by atoms with Crippen molar-refractivity contribution >= 4 is 11.6 Å². The Morgan fingerprint density at radius 3 is 2.70 bits per heavy atom. The Bertz CT molecular complexity index is 1160. The molecule has 1 aromatic heterocycles. The lowest BCUT2D eigenvalue weighted by Crippen LogP contribution is -2.47. The first kappa shape index (κ1) is 22.5. The lowest BCUT2D eigenvalue weighted by atomic mass is 9.94. The van der Waals surface area contributed by atoms with Crippen LogP contribution in [0.15, 0.2) is 58.8 Å². The smallest absolute Gasteiger partial charge is 0.322 e. The number of urea groups is 1. The molecule has 33 heavy (non-hydrogen) atoms. The number of hydrogen-bond acceptors (Lipinski definition) is 6. The number of ether oxygens (including phenoxy) is 2. The molecule has 1 atom stereocenters. The van der Waals surface area contributed by atoms with Crippen LogP contribution in [0.2, 0.25) is 0 Å². The Kier molecular flexibility index (Phi) is 6.69. The van der Waals surface area contributed by atoms with Crippen LogP contribution < -0.4 is 10.1 Å². The number of benzene rings is 2. The minimum atomic E-state index is -0.652. The van der Waals surface area contributed by atoms with Gasteiger partial charge >= 0.3 is 6.03 Å². The fourth-order valence-electron chi connectivity index (χ4n) is 3.76. The van der Waals surface area contributed by atoms with E-state index < -0.39 is 11.9 Å². The van der Waals surface area contributed by atoms with Crippen LogP contribution >= 0.6 is 0 Å². The zero-order valence-electron chi connectivity index (χ0n) is 18.7. The predicted molar refractivity (Wildman–Crippen MR) is 120 cm³/mol. The maximum atomic E-state index is 14.0. The van der Waals surface area contributed by atoms with Crippen molar-refractivity contribution in [3.05, 3.63) is 71.5 Å². The lowest BCUT2D eigenvalue weighted by Gasteiger charge is -2.35. The highest BCUT2D eigenvalue weighted by molar-refractivity contribution is 5.86. The van der Waals surface area contributed by atoms with Crippen molar-refractivity contribution in [2.45, 2.75) is 19.9 Å². The van der Waals surface area contributed by atoms with Gasteiger partial charge in [-0.05, 0) is 55.8 Å². The van der Waals surface area contributed by atoms with E-state index in [9.17, 15) is 9.18 Å². The average molecular weight is 452 g/mol. The number of methoxy groups -OCH3 is 1. The van der Waals surface area contributed by atoms with E-state index in [4.69, 9.17) is 14.0 Å². The maximum absolute atomic E-state index is 14.0. The maximum Gasteiger partial charge on any atom is 0.322 e. The topological polar surface area (TPSA) is 89.7 Å². The molecule has 2 aromatic carbocycles. The molecular formula is C24H25FN4O4. The molecule has 9 heteroatoms. The molecule has 0 aliphatic carbocycles. The van der Waals surface area contributed by atoms with Crippen LogP contribution in [0.4, 0.5) is 9.18 Å². The first-order valence-corrected chi connectivity index (χ1v) is 10.6. The van der Waals surface area contributed by atoms with Gasteiger partial charge in [0.05, 0.1) is 31.4 Å². The monoisotopic (exact) mass is 452 g/mol. The van der Waals surface area contributed by atoms with Gasteiger partial charge < -0.3 is 19.3 Å². The summed E-state index contributed by atoms with van der Waals surface area (Å²) in [5.41, 5.74) is 2.56. The summed E-state index contributed by atoms with van der Waals surface area (Å²) < 4.78 is 30.2. The van der Waals surface area contributed by atoms with Crippen molar-refractivity contribution in [1.29, 1.82) is 0 Å². The zero-order valence-corrected chi connectivity index (χ0v) is 18.7. The van der Waals surface area contributed by atoms with Crippen LogP contribution in [0.3, 0.4) is 0 Å². The third-order valence-electron chi connectivity index (χ3n) is 5.38. The summed E-state index contributed by atoms with van der Waals surface area (Å²) in [6, 6.07) is 12.5. The molecule has 0 bridgehead atoms. The van der Waals surface area contributed by atoms with E-state index in [1.54, 1.807) is 31.1 Å². The van der Waals surface area contributed by atoms with Crippen LogP contribution in [0.25, 0.3) is 17.0 Å². The standard InChI is InChI=1S/C24H25FN4O4/c1-4-32-19-10-8-16(9-11-19)22-27-23(33-28-22)20-15(2)29(12-13-31-3)24(30)26-21(20)17-6-5-7-18(25)14-17/h5-11,14,21H,4,12-13H2,1-3H3,(H,26,30). The van der Waals surface area contributed by atoms with Crippen LogP contribution in [-0.2, 0) is 4.74 Å². The summed E-state index contributed by atoms with van der Waals surface area (Å²) in [4.78, 5) is 19.0. The Labute approximate surface area is 191 Å². The summed E-state index contributed by atoms with van der Waals surface area (Å²) >= 11 is 0. The van der Waals surface area contributed by atoms with Crippen molar-refractivity contribution in [2.75, 3.05) is 26.9 Å². The number of hydrogen-bond donors (Lipinski definition) is 1. The van der Waals surface area contributed by atoms with Gasteiger partial charge in [0, 0.05) is 18.4 Å². The van der Waals surface area contributed by atoms with Gasteiger partial charge in [0.15, 0.2) is 0 Å².